The van der Waals surface area contributed by atoms with Crippen LogP contribution in [0.4, 0.5) is 0 Å². The van der Waals surface area contributed by atoms with Crippen molar-refractivity contribution in [2.45, 2.75) is 410 Å². The molecule has 0 saturated carbocycles. The molecule has 12 fully saturated rings. The predicted octanol–water partition coefficient (Wildman–Crippen LogP) is -25.4. The number of nitrogens with one attached hydrogen (secondary N) is 5. The van der Waals surface area contributed by atoms with Crippen molar-refractivity contribution in [3.05, 3.63) is 0 Å². The number of hydrogen-bond donors (Lipinski definition) is 37. The predicted molar refractivity (Wildman–Crippen MR) is 452 cm³/mol. The lowest BCUT2D eigenvalue weighted by atomic mass is 9.93. The lowest BCUT2D eigenvalue weighted by Crippen LogP contribution is -2.71. The van der Waals surface area contributed by atoms with Crippen LogP contribution in [0.5, 0.6) is 0 Å². The quantitative estimate of drug-likeness (QED) is 0.0273. The van der Waals surface area contributed by atoms with E-state index >= 15 is 0 Å². The molecule has 0 bridgehead atoms. The summed E-state index contributed by atoms with van der Waals surface area (Å²) in [6.45, 7) is -6.78. The molecular weight excluding hydrogens is 2010 g/mol. The van der Waals surface area contributed by atoms with E-state index in [1.54, 1.807) is 0 Å². The van der Waals surface area contributed by atoms with E-state index in [2.05, 4.69) is 26.6 Å². The van der Waals surface area contributed by atoms with Crippen molar-refractivity contribution in [1.29, 1.82) is 0 Å². The highest BCUT2D eigenvalue weighted by Crippen LogP contribution is 2.43. The number of hydrogen-bond acceptors (Lipinski definition) is 60. The Kier molecular flexibility index (Phi) is 43.4. The highest BCUT2D eigenvalue weighted by molar-refractivity contribution is 5.75. The van der Waals surface area contributed by atoms with Crippen molar-refractivity contribution in [3.8, 4) is 0 Å². The normalized spacial score (nSPS) is 49.6. The Hall–Kier alpha value is -4.85. The second kappa shape index (κ2) is 52.8. The third-order valence-electron chi connectivity index (χ3n) is 27.0. The molecule has 12 aliphatic rings. The molecule has 0 aromatic carbocycles. The molecular formula is C82H137N5O60. The molecule has 12 saturated heterocycles. The van der Waals surface area contributed by atoms with Crippen LogP contribution in [-0.2, 0) is 133 Å². The molecule has 60 atom stereocenters. The van der Waals surface area contributed by atoms with Crippen molar-refractivity contribution in [1.82, 2.24) is 26.6 Å². The van der Waals surface area contributed by atoms with Crippen LogP contribution >= 0.6 is 0 Å². The minimum atomic E-state index is -2.69. The largest absolute Gasteiger partial charge is 0.394 e. The molecule has 12 rings (SSSR count). The minimum absolute atomic E-state index is 0.871. The van der Waals surface area contributed by atoms with E-state index in [1.165, 1.54) is 6.92 Å². The fourth-order valence-corrected chi connectivity index (χ4v) is 19.2. The van der Waals surface area contributed by atoms with Gasteiger partial charge in [0.1, 0.15) is 287 Å². The van der Waals surface area contributed by atoms with Crippen molar-refractivity contribution >= 4 is 29.5 Å². The molecule has 65 heteroatoms. The monoisotopic (exact) mass is 2150 g/mol. The molecule has 12 aliphatic heterocycles. The number of carbonyl (C=O) groups excluding carboxylic acids is 5. The zero-order valence-corrected chi connectivity index (χ0v) is 79.2. The molecule has 850 valence electrons. The van der Waals surface area contributed by atoms with Gasteiger partial charge >= 0.3 is 0 Å². The minimum Gasteiger partial charge on any atom is -0.394 e. The molecule has 65 nitrogen and oxygen atoms in total. The maximum absolute atomic E-state index is 13.4. The SMILES string of the molecule is CC(=O)N[C@@H]1[C@H](O[C@@H]2[C@@H](O[C@@H]3[C@H](O)[C@H](O[C@H]4[C@H](O)[C@@H](NC(C)=O)[C@H](O[C@H]5[C@H](O)[C@@H](NC(C)=O)[C@H](O)O[C@@H]5CO[C@@H]5O[C@@H](C)[C@@H](O)[C@@H](O)[C@@H]5O)O[C@@H]4CO)O[C@H](CO[C@H]4O[C@H](CO)[C@@H](O)[C@H](O)[C@@H]4O[C@@H]4O[C@H](CO)[C@@H](O[C@@H]5O[C@H](CO)[C@H](O)[C@H](O[C@@H]6O[C@H](CO)[C@@H](O[C@@H]7O[C@H](CO)[C@H](O)[C@H](O)[C@H]7O)[C@H](O)[C@H]6NC(C)=O)[C@H]5O)[C@H](O)[C@H]4NC(C)=O)[C@H]3O)O[C@H](CO)[C@@H](O)[C@@H]2O)O[C@H](CO)[C@@H](O[C@@H]2O[C@H](CO)[C@H](O)[C@H](O)[C@H]2O)[C@@H]1O. The first-order chi connectivity index (χ1) is 69.5. The van der Waals surface area contributed by atoms with Crippen molar-refractivity contribution in [2.75, 3.05) is 72.7 Å². The highest BCUT2D eigenvalue weighted by Gasteiger charge is 2.64. The van der Waals surface area contributed by atoms with Crippen molar-refractivity contribution in [3.63, 3.8) is 0 Å². The van der Waals surface area contributed by atoms with Gasteiger partial charge in [-0.3, -0.25) is 24.0 Å². The number of ether oxygens (including phenoxy) is 23. The second-order valence-electron chi connectivity index (χ2n) is 37.3. The van der Waals surface area contributed by atoms with E-state index in [-0.39, 0.29) is 0 Å². The Morgan fingerprint density at radius 2 is 0.415 bits per heavy atom. The average Bonchev–Trinajstić information content (AvgIpc) is 0.765. The molecule has 0 aromatic rings. The van der Waals surface area contributed by atoms with E-state index in [1.807, 2.05) is 0 Å². The van der Waals surface area contributed by atoms with Crippen LogP contribution in [0.25, 0.3) is 0 Å². The smallest absolute Gasteiger partial charge is 0.217 e. The van der Waals surface area contributed by atoms with Crippen LogP contribution in [0.1, 0.15) is 41.5 Å². The first-order valence-electron chi connectivity index (χ1n) is 47.0. The van der Waals surface area contributed by atoms with E-state index < -0.39 is 470 Å². The molecule has 0 radical (unpaired) electrons. The van der Waals surface area contributed by atoms with Crippen LogP contribution in [0.3, 0.4) is 0 Å². The van der Waals surface area contributed by atoms with Crippen molar-refractivity contribution in [2.24, 2.45) is 0 Å². The Morgan fingerprint density at radius 1 is 0.190 bits per heavy atom. The first kappa shape index (κ1) is 121. The highest BCUT2D eigenvalue weighted by atomic mass is 16.8. The Labute approximate surface area is 832 Å². The van der Waals surface area contributed by atoms with Crippen LogP contribution in [0, 0.1) is 0 Å². The third kappa shape index (κ3) is 26.8. The summed E-state index contributed by atoms with van der Waals surface area (Å²) in [6, 6.07) is -9.88. The van der Waals surface area contributed by atoms with Gasteiger partial charge in [0.2, 0.25) is 29.5 Å². The summed E-state index contributed by atoms with van der Waals surface area (Å²) in [6.07, 6.45) is -117. The van der Waals surface area contributed by atoms with Gasteiger partial charge in [-0.05, 0) is 6.92 Å². The summed E-state index contributed by atoms with van der Waals surface area (Å²) in [5.41, 5.74) is 0. The van der Waals surface area contributed by atoms with Gasteiger partial charge in [-0.25, -0.2) is 0 Å². The number of rotatable bonds is 38. The summed E-state index contributed by atoms with van der Waals surface area (Å²) in [5, 5.41) is 373. The number of carbonyl (C=O) groups is 5. The third-order valence-corrected chi connectivity index (χ3v) is 27.0. The van der Waals surface area contributed by atoms with E-state index in [9.17, 15) is 187 Å². The first-order valence-corrected chi connectivity index (χ1v) is 47.0. The van der Waals surface area contributed by atoms with E-state index in [4.69, 9.17) is 109 Å². The van der Waals surface area contributed by atoms with Crippen LogP contribution in [0.15, 0.2) is 0 Å². The van der Waals surface area contributed by atoms with Crippen LogP contribution < -0.4 is 26.6 Å². The van der Waals surface area contributed by atoms with Gasteiger partial charge in [0, 0.05) is 34.6 Å². The average molecular weight is 2150 g/mol. The van der Waals surface area contributed by atoms with Crippen LogP contribution in [-0.4, -0.2) is 634 Å². The van der Waals surface area contributed by atoms with Gasteiger partial charge in [0.25, 0.3) is 0 Å². The maximum atomic E-state index is 13.4. The second-order valence-corrected chi connectivity index (χ2v) is 37.3. The molecule has 5 amide bonds. The zero-order valence-electron chi connectivity index (χ0n) is 79.2. The van der Waals surface area contributed by atoms with E-state index in [0.717, 1.165) is 34.6 Å². The van der Waals surface area contributed by atoms with E-state index in [0.29, 0.717) is 0 Å². The Balaban J connectivity index is 0.843. The van der Waals surface area contributed by atoms with Gasteiger partial charge in [-0.1, -0.05) is 0 Å². The fraction of sp³-hybridized carbons (Fsp3) is 0.939. The van der Waals surface area contributed by atoms with Gasteiger partial charge in [0.15, 0.2) is 75.5 Å². The standard InChI is InChI=1S/C82H137N5O60/c1-18-40(102)52(114)57(119)76(127-18)125-17-34-66(47(109)35(71(124)128-34)83-19(2)97)139-72-36(84-20(3)98)48(110)65(31(14-95)134-72)143-80-61(123)68(145-82-70(56(118)44(106)27(10-91)133-82)147-75-39(87-23(6)101)50(112)63(30(13-94)137-75)141-78-59(121)54(116)42(104)25(8-89)130-78)46(108)33(138-80)16-126-81-69(55(117)43(105)26(9-90)132-81)146-74-38(86-22(5)100)51(113)64(32(15-96)136-74)142-79-60(122)67(45(107)28(11-92)131-79)144-73-37(85-21(4)99)49(111)62(29(12-93)135-73)140-77-58(120)53(115)41(103)24(7-88)129-77/h18,24-82,88-96,102-124H,7-17H2,1-6H3,(H,83,97)(H,84,98)(H,85,99)(H,86,100)(H,87,101)/t18-,24+,25+,26+,27+,28+,29+,30+,31+,32+,33+,34+,35+,36+,37+,38+,39-,40+,41-,42-,43+,44+,45-,46+,47+,48+,49+,50+,51+,52+,53-,54-,55-,56-,57-,58+,59+,60+,61-,62+,63+,64+,65+,66+,67-,68-,69-,70-,71+,72-,73-,74-,75-,76+,77-,78-,79-,80-,81-,82+/m0/s1. The number of aliphatic hydroxyl groups is 32. The summed E-state index contributed by atoms with van der Waals surface area (Å²) in [7, 11) is 0. The fourth-order valence-electron chi connectivity index (χ4n) is 19.2. The summed E-state index contributed by atoms with van der Waals surface area (Å²) in [5.74, 6) is -4.88. The van der Waals surface area contributed by atoms with Gasteiger partial charge < -0.3 is 299 Å². The number of aliphatic hydroxyl groups excluding tert-OH is 32. The summed E-state index contributed by atoms with van der Waals surface area (Å²) in [4.78, 5) is 65.2. The lowest BCUT2D eigenvalue weighted by molar-refractivity contribution is -0.399. The van der Waals surface area contributed by atoms with Gasteiger partial charge in [-0.2, -0.15) is 0 Å². The van der Waals surface area contributed by atoms with Crippen molar-refractivity contribution < 1.29 is 296 Å². The summed E-state index contributed by atoms with van der Waals surface area (Å²) >= 11 is 0. The van der Waals surface area contributed by atoms with Crippen LogP contribution in [0.2, 0.25) is 0 Å². The maximum Gasteiger partial charge on any atom is 0.217 e. The molecule has 0 aromatic heterocycles. The molecule has 0 unspecified atom stereocenters. The molecule has 0 aliphatic carbocycles. The Bertz CT molecular complexity index is 4110. The lowest BCUT2D eigenvalue weighted by Gasteiger charge is -2.51. The molecule has 147 heavy (non-hydrogen) atoms. The van der Waals surface area contributed by atoms with Gasteiger partial charge in [-0.15, -0.1) is 0 Å². The zero-order chi connectivity index (χ0) is 108. The number of amides is 5. The molecule has 0 spiro atoms. The topological polar surface area (TPSA) is 1010 Å². The molecule has 37 N–H and O–H groups in total. The Morgan fingerprint density at radius 3 is 0.762 bits per heavy atom. The molecule has 12 heterocycles. The summed E-state index contributed by atoms with van der Waals surface area (Å²) < 4.78 is 137. The van der Waals surface area contributed by atoms with Gasteiger partial charge in [0.05, 0.1) is 78.8 Å².